The summed E-state index contributed by atoms with van der Waals surface area (Å²) in [5.41, 5.74) is 0.622. The lowest BCUT2D eigenvalue weighted by atomic mass is 9.46. The molecule has 4 heterocycles. The lowest BCUT2D eigenvalue weighted by molar-refractivity contribution is -0.388. The SMILES string of the molecule is C[C@H](CO)CC[C@H](O)[C@@H](C)[C@H]1[C@@H]([C@@H]2O[C@H](CO)[C@@H](O)[C@H](O)[C@H]2O)C[C@H]2[C@@H]3CC=C4C[C@@H](O[C@@H]5O[C@H](CO)[C@@H](O[C@@H]6O[C@@H](C)[C@H](O)[C@@H](O)[C@H]6O)[C@H](O)[C@H]5O[C@@H]5O[C@@H](C)[C@H](O)[C@@H](O)[C@H]5O)CC[C@]4(C)[C@H]3CC[C@]12C. The van der Waals surface area contributed by atoms with E-state index in [1.807, 2.05) is 13.8 Å². The molecule has 0 aromatic carbocycles. The Hall–Kier alpha value is -1.10. The second-order valence-corrected chi connectivity index (χ2v) is 23.6. The van der Waals surface area contributed by atoms with Gasteiger partial charge < -0.3 is 105 Å². The second-order valence-electron chi connectivity index (χ2n) is 23.6. The molecule has 14 N–H and O–H groups in total. The molecule has 4 aliphatic heterocycles. The first-order valence-corrected chi connectivity index (χ1v) is 26.6. The lowest BCUT2D eigenvalue weighted by Crippen LogP contribution is -2.66. The standard InChI is InChI=1S/C51H86O21/c1-20(17-52)7-10-30(55)21(2)33-27(44-40(62)39(61)36(58)31(18-53)69-44)16-29-26-9-8-24-15-25(11-13-50(24,5)28(26)12-14-51(29,33)6)68-49-46(72-48-42(64)38(60)35(57)23(4)67-48)43(65)45(32(19-54)70-49)71-47-41(63)37(59)34(56)22(3)66-47/h8,20-23,25-49,52-65H,7,9-19H2,1-6H3/t20-,21+,22-,23-,25-,26+,27-,28-,29-,30-,31+,32+,33-,34-,35-,36+,37+,38+,39-,40+,41+,42+,43-,44-,45+,46+,47-,48-,49+,50-,51-/m0/s1. The summed E-state index contributed by atoms with van der Waals surface area (Å²) >= 11 is 0. The van der Waals surface area contributed by atoms with Crippen LogP contribution in [0.2, 0.25) is 0 Å². The zero-order valence-electron chi connectivity index (χ0n) is 42.4. The van der Waals surface area contributed by atoms with Crippen LogP contribution >= 0.6 is 0 Å². The number of hydrogen-bond donors (Lipinski definition) is 14. The summed E-state index contributed by atoms with van der Waals surface area (Å²) in [5, 5.41) is 152. The van der Waals surface area contributed by atoms with Crippen molar-refractivity contribution in [1.82, 2.24) is 0 Å². The fourth-order valence-corrected chi connectivity index (χ4v) is 15.0. The van der Waals surface area contributed by atoms with Crippen LogP contribution in [0.15, 0.2) is 11.6 Å². The van der Waals surface area contributed by atoms with Gasteiger partial charge in [0.15, 0.2) is 18.9 Å². The van der Waals surface area contributed by atoms with Crippen LogP contribution in [0.5, 0.6) is 0 Å². The van der Waals surface area contributed by atoms with E-state index in [0.29, 0.717) is 38.5 Å². The molecule has 4 saturated heterocycles. The molecular formula is C51H86O21. The van der Waals surface area contributed by atoms with Crippen molar-refractivity contribution in [1.29, 1.82) is 0 Å². The van der Waals surface area contributed by atoms with Gasteiger partial charge in [-0.25, -0.2) is 0 Å². The Kier molecular flexibility index (Phi) is 18.0. The van der Waals surface area contributed by atoms with E-state index < -0.39 is 148 Å². The van der Waals surface area contributed by atoms with Crippen molar-refractivity contribution in [3.8, 4) is 0 Å². The average molecular weight is 1040 g/mol. The topological polar surface area (TPSA) is 348 Å². The smallest absolute Gasteiger partial charge is 0.187 e. The molecule has 72 heavy (non-hydrogen) atoms. The molecule has 3 saturated carbocycles. The molecule has 0 bridgehead atoms. The molecule has 416 valence electrons. The van der Waals surface area contributed by atoms with E-state index in [9.17, 15) is 71.5 Å². The Morgan fingerprint density at radius 3 is 1.81 bits per heavy atom. The number of allylic oxidation sites excluding steroid dienone is 1. The first-order valence-electron chi connectivity index (χ1n) is 26.6. The molecule has 31 atom stereocenters. The summed E-state index contributed by atoms with van der Waals surface area (Å²) in [6.45, 7) is 10.3. The number of aliphatic hydroxyl groups excluding tert-OH is 14. The molecule has 8 rings (SSSR count). The van der Waals surface area contributed by atoms with Gasteiger partial charge in [0.2, 0.25) is 0 Å². The van der Waals surface area contributed by atoms with Crippen LogP contribution in [-0.4, -0.2) is 226 Å². The maximum Gasteiger partial charge on any atom is 0.187 e. The summed E-state index contributed by atoms with van der Waals surface area (Å²) in [6.07, 6.45) is -21.9. The number of ether oxygens (including phenoxy) is 7. The molecule has 0 aromatic heterocycles. The molecule has 7 fully saturated rings. The maximum absolute atomic E-state index is 12.1. The molecule has 0 amide bonds. The highest BCUT2D eigenvalue weighted by molar-refractivity contribution is 5.26. The van der Waals surface area contributed by atoms with Crippen molar-refractivity contribution in [2.24, 2.45) is 52.3 Å². The zero-order valence-corrected chi connectivity index (χ0v) is 42.4. The van der Waals surface area contributed by atoms with E-state index in [1.54, 1.807) is 0 Å². The summed E-state index contributed by atoms with van der Waals surface area (Å²) < 4.78 is 42.9. The van der Waals surface area contributed by atoms with Crippen LogP contribution in [0.4, 0.5) is 0 Å². The van der Waals surface area contributed by atoms with E-state index >= 15 is 0 Å². The molecule has 0 radical (unpaired) electrons. The minimum atomic E-state index is -1.77. The summed E-state index contributed by atoms with van der Waals surface area (Å²) in [5.74, 6) is -0.128. The van der Waals surface area contributed by atoms with E-state index in [-0.39, 0.29) is 58.9 Å². The number of hydrogen-bond acceptors (Lipinski definition) is 21. The third-order valence-electron chi connectivity index (χ3n) is 19.4. The second kappa shape index (κ2) is 22.7. The van der Waals surface area contributed by atoms with Gasteiger partial charge in [-0.15, -0.1) is 0 Å². The molecule has 21 nitrogen and oxygen atoms in total. The van der Waals surface area contributed by atoms with Crippen LogP contribution < -0.4 is 0 Å². The highest BCUT2D eigenvalue weighted by atomic mass is 16.8. The van der Waals surface area contributed by atoms with Crippen LogP contribution in [0.25, 0.3) is 0 Å². The van der Waals surface area contributed by atoms with E-state index in [4.69, 9.17) is 33.2 Å². The molecule has 4 aliphatic carbocycles. The molecule has 8 aliphatic rings. The minimum absolute atomic E-state index is 0.00992. The highest BCUT2D eigenvalue weighted by Crippen LogP contribution is 2.69. The van der Waals surface area contributed by atoms with Gasteiger partial charge in [-0.2, -0.15) is 0 Å². The largest absolute Gasteiger partial charge is 0.396 e. The molecule has 0 aromatic rings. The van der Waals surface area contributed by atoms with E-state index in [2.05, 4.69) is 19.9 Å². The fourth-order valence-electron chi connectivity index (χ4n) is 15.0. The fraction of sp³-hybridized carbons (Fsp3) is 0.961. The number of aliphatic hydroxyl groups is 14. The van der Waals surface area contributed by atoms with Crippen molar-refractivity contribution in [3.63, 3.8) is 0 Å². The van der Waals surface area contributed by atoms with Crippen molar-refractivity contribution in [2.75, 3.05) is 19.8 Å². The third-order valence-corrected chi connectivity index (χ3v) is 19.4. The summed E-state index contributed by atoms with van der Waals surface area (Å²) in [4.78, 5) is 0. The van der Waals surface area contributed by atoms with Gasteiger partial charge in [0.1, 0.15) is 85.5 Å². The molecule has 0 spiro atoms. The highest BCUT2D eigenvalue weighted by Gasteiger charge is 2.65. The van der Waals surface area contributed by atoms with Gasteiger partial charge in [0, 0.05) is 6.61 Å². The van der Waals surface area contributed by atoms with Gasteiger partial charge in [-0.1, -0.05) is 39.3 Å². The van der Waals surface area contributed by atoms with Crippen molar-refractivity contribution < 1.29 is 105 Å². The van der Waals surface area contributed by atoms with Gasteiger partial charge in [-0.3, -0.25) is 0 Å². The third kappa shape index (κ3) is 10.4. The summed E-state index contributed by atoms with van der Waals surface area (Å²) in [6, 6.07) is 0. The van der Waals surface area contributed by atoms with Gasteiger partial charge >= 0.3 is 0 Å². The molecule has 0 unspecified atom stereocenters. The van der Waals surface area contributed by atoms with Crippen LogP contribution in [0.3, 0.4) is 0 Å². The van der Waals surface area contributed by atoms with E-state index in [1.165, 1.54) is 19.4 Å². The summed E-state index contributed by atoms with van der Waals surface area (Å²) in [7, 11) is 0. The first kappa shape index (κ1) is 57.1. The van der Waals surface area contributed by atoms with Crippen LogP contribution in [0.1, 0.15) is 99.3 Å². The van der Waals surface area contributed by atoms with Crippen molar-refractivity contribution >= 4 is 0 Å². The number of rotatable bonds is 15. The Bertz CT molecular complexity index is 1810. The Labute approximate surface area is 421 Å². The predicted octanol–water partition coefficient (Wildman–Crippen LogP) is -2.07. The van der Waals surface area contributed by atoms with Gasteiger partial charge in [0.05, 0.1) is 43.7 Å². The van der Waals surface area contributed by atoms with Crippen molar-refractivity contribution in [2.45, 2.75) is 234 Å². The Morgan fingerprint density at radius 1 is 0.611 bits per heavy atom. The Balaban J connectivity index is 1.03. The minimum Gasteiger partial charge on any atom is -0.396 e. The normalized spacial score (nSPS) is 53.1. The Morgan fingerprint density at radius 2 is 1.21 bits per heavy atom. The molecule has 21 heteroatoms. The quantitative estimate of drug-likeness (QED) is 0.0784. The first-order chi connectivity index (χ1) is 34.0. The number of fused-ring (bicyclic) bond motifs is 5. The zero-order chi connectivity index (χ0) is 52.5. The average Bonchev–Trinajstić information content (AvgIpc) is 3.68. The van der Waals surface area contributed by atoms with E-state index in [0.717, 1.165) is 19.3 Å². The lowest BCUT2D eigenvalue weighted by Gasteiger charge is -2.59. The molecular weight excluding hydrogens is 949 g/mol. The predicted molar refractivity (Wildman–Crippen MR) is 250 cm³/mol. The van der Waals surface area contributed by atoms with Gasteiger partial charge in [-0.05, 0) is 124 Å². The van der Waals surface area contributed by atoms with Crippen molar-refractivity contribution in [3.05, 3.63) is 11.6 Å². The van der Waals surface area contributed by atoms with Crippen LogP contribution in [-0.2, 0) is 33.2 Å². The van der Waals surface area contributed by atoms with Crippen LogP contribution in [0, 0.1) is 52.3 Å². The monoisotopic (exact) mass is 1030 g/mol. The maximum atomic E-state index is 12.1. The van der Waals surface area contributed by atoms with Gasteiger partial charge in [0.25, 0.3) is 0 Å².